The van der Waals surface area contributed by atoms with Crippen molar-refractivity contribution in [1.82, 2.24) is 24.7 Å². The second kappa shape index (κ2) is 12.5. The Balaban J connectivity index is 1.40. The first kappa shape index (κ1) is 27.7. The van der Waals surface area contributed by atoms with Crippen LogP contribution in [0.25, 0.3) is 0 Å². The Morgan fingerprint density at radius 3 is 2.40 bits per heavy atom. The van der Waals surface area contributed by atoms with Crippen LogP contribution in [0, 0.1) is 12.7 Å². The molecule has 2 fully saturated rings. The zero-order valence-electron chi connectivity index (χ0n) is 22.4. The van der Waals surface area contributed by atoms with Crippen molar-refractivity contribution in [2.45, 2.75) is 19.8 Å². The molecule has 40 heavy (non-hydrogen) atoms. The summed E-state index contributed by atoms with van der Waals surface area (Å²) in [5, 5.41) is 10.2. The number of halogens is 1. The minimum absolute atomic E-state index is 0.0768. The van der Waals surface area contributed by atoms with E-state index in [4.69, 9.17) is 0 Å². The van der Waals surface area contributed by atoms with Crippen molar-refractivity contribution < 1.29 is 18.8 Å². The maximum atomic E-state index is 13.5. The van der Waals surface area contributed by atoms with E-state index in [1.807, 2.05) is 15.9 Å². The molecule has 0 unspecified atom stereocenters. The maximum Gasteiger partial charge on any atom is 0.267 e. The molecule has 3 amide bonds. The second-order valence-electron chi connectivity index (χ2n) is 9.91. The topological polar surface area (TPSA) is 111 Å². The molecule has 10 nitrogen and oxygen atoms in total. The average molecular weight is 566 g/mol. The first-order valence-electron chi connectivity index (χ1n) is 13.4. The number of benzene rings is 2. The number of aromatic nitrogens is 2. The quantitative estimate of drug-likeness (QED) is 0.489. The predicted molar refractivity (Wildman–Crippen MR) is 152 cm³/mol. The number of aryl methyl sites for hydroxylation is 1. The normalized spacial score (nSPS) is 16.3. The van der Waals surface area contributed by atoms with Crippen molar-refractivity contribution in [3.05, 3.63) is 70.0 Å². The van der Waals surface area contributed by atoms with Gasteiger partial charge in [0.1, 0.15) is 10.7 Å². The number of nitrogens with one attached hydrogen (secondary N) is 2. The van der Waals surface area contributed by atoms with Crippen LogP contribution in [0.5, 0.6) is 0 Å². The second-order valence-corrected chi connectivity index (χ2v) is 10.7. The zero-order chi connectivity index (χ0) is 28.1. The smallest absolute Gasteiger partial charge is 0.267 e. The van der Waals surface area contributed by atoms with Crippen LogP contribution >= 0.6 is 11.5 Å². The Morgan fingerprint density at radius 2 is 1.62 bits per heavy atom. The summed E-state index contributed by atoms with van der Waals surface area (Å²) >= 11 is 1.10. The van der Waals surface area contributed by atoms with Gasteiger partial charge in [-0.3, -0.25) is 14.4 Å². The van der Waals surface area contributed by atoms with E-state index in [1.165, 1.54) is 24.3 Å². The summed E-state index contributed by atoms with van der Waals surface area (Å²) in [6.07, 6.45) is 1.60. The van der Waals surface area contributed by atoms with E-state index < -0.39 is 11.7 Å². The standard InChI is InChI=1S/C28H32FN7O3S/c1-19-25(40-33-32-19)28(39)36-14-3-13-34(16-17-36)24-9-6-21(27(38)35-12-2-10-30-11-15-35)18-23(24)31-26(37)20-4-7-22(29)8-5-20/h4-9,18,30H,2-3,10-17H2,1H3,(H,31,37). The average Bonchev–Trinajstić information content (AvgIpc) is 3.15. The van der Waals surface area contributed by atoms with Gasteiger partial charge in [0, 0.05) is 56.9 Å². The van der Waals surface area contributed by atoms with E-state index in [9.17, 15) is 18.8 Å². The number of carbonyl (C=O) groups is 3. The molecule has 1 aromatic heterocycles. The molecule has 2 saturated heterocycles. The van der Waals surface area contributed by atoms with Crippen LogP contribution in [0.3, 0.4) is 0 Å². The van der Waals surface area contributed by atoms with Gasteiger partial charge >= 0.3 is 0 Å². The highest BCUT2D eigenvalue weighted by Crippen LogP contribution is 2.30. The van der Waals surface area contributed by atoms with Gasteiger partial charge in [-0.1, -0.05) is 4.49 Å². The van der Waals surface area contributed by atoms with E-state index in [0.29, 0.717) is 66.7 Å². The summed E-state index contributed by atoms with van der Waals surface area (Å²) in [7, 11) is 0. The predicted octanol–water partition coefficient (Wildman–Crippen LogP) is 3.03. The van der Waals surface area contributed by atoms with Crippen LogP contribution in [-0.4, -0.2) is 89.5 Å². The lowest BCUT2D eigenvalue weighted by Crippen LogP contribution is -2.35. The van der Waals surface area contributed by atoms with E-state index in [-0.39, 0.29) is 11.8 Å². The number of hydrogen-bond donors (Lipinski definition) is 2. The molecule has 0 aliphatic carbocycles. The highest BCUT2D eigenvalue weighted by Gasteiger charge is 2.26. The molecule has 0 atom stereocenters. The van der Waals surface area contributed by atoms with E-state index in [0.717, 1.165) is 43.2 Å². The van der Waals surface area contributed by atoms with Crippen molar-refractivity contribution >= 4 is 40.6 Å². The van der Waals surface area contributed by atoms with Crippen LogP contribution < -0.4 is 15.5 Å². The van der Waals surface area contributed by atoms with Crippen molar-refractivity contribution in [2.75, 3.05) is 62.6 Å². The summed E-state index contributed by atoms with van der Waals surface area (Å²) in [5.74, 6) is -0.991. The van der Waals surface area contributed by atoms with Gasteiger partial charge in [0.25, 0.3) is 17.7 Å². The molecule has 0 saturated carbocycles. The van der Waals surface area contributed by atoms with Crippen LogP contribution in [0.15, 0.2) is 42.5 Å². The third kappa shape index (κ3) is 6.28. The van der Waals surface area contributed by atoms with Gasteiger partial charge in [-0.15, -0.1) is 5.10 Å². The molecule has 2 N–H and O–H groups in total. The fraction of sp³-hybridized carbons (Fsp3) is 0.393. The largest absolute Gasteiger partial charge is 0.368 e. The lowest BCUT2D eigenvalue weighted by Gasteiger charge is -2.27. The molecule has 2 aromatic carbocycles. The first-order chi connectivity index (χ1) is 19.4. The molecule has 0 spiro atoms. The number of anilines is 2. The molecule has 2 aliphatic heterocycles. The molecule has 2 aliphatic rings. The Hall–Kier alpha value is -3.90. The third-order valence-corrected chi connectivity index (χ3v) is 8.01. The Bertz CT molecular complexity index is 1370. The third-order valence-electron chi connectivity index (χ3n) is 7.19. The SMILES string of the molecule is Cc1nnsc1C(=O)N1CCCN(c2ccc(C(=O)N3CCCNCC3)cc2NC(=O)c2ccc(F)cc2)CC1. The lowest BCUT2D eigenvalue weighted by atomic mass is 10.1. The lowest BCUT2D eigenvalue weighted by molar-refractivity contribution is 0.0760. The fourth-order valence-corrected chi connectivity index (χ4v) is 5.63. The highest BCUT2D eigenvalue weighted by atomic mass is 32.1. The molecule has 5 rings (SSSR count). The minimum atomic E-state index is -0.426. The molecule has 0 radical (unpaired) electrons. The molecule has 3 heterocycles. The van der Waals surface area contributed by atoms with Crippen molar-refractivity contribution in [3.63, 3.8) is 0 Å². The summed E-state index contributed by atoms with van der Waals surface area (Å²) in [4.78, 5) is 45.9. The molecule has 3 aromatic rings. The molecule has 210 valence electrons. The van der Waals surface area contributed by atoms with Gasteiger partial charge in [0.2, 0.25) is 0 Å². The van der Waals surface area contributed by atoms with Crippen LogP contribution in [0.1, 0.15) is 48.9 Å². The summed E-state index contributed by atoms with van der Waals surface area (Å²) < 4.78 is 17.3. The fourth-order valence-electron chi connectivity index (χ4n) is 5.00. The van der Waals surface area contributed by atoms with Gasteiger partial charge in [-0.25, -0.2) is 4.39 Å². The van der Waals surface area contributed by atoms with Crippen molar-refractivity contribution in [1.29, 1.82) is 0 Å². The maximum absolute atomic E-state index is 13.5. The van der Waals surface area contributed by atoms with Crippen molar-refractivity contribution in [3.8, 4) is 0 Å². The van der Waals surface area contributed by atoms with Gasteiger partial charge in [0.15, 0.2) is 0 Å². The van der Waals surface area contributed by atoms with Gasteiger partial charge in [0.05, 0.1) is 17.1 Å². The van der Waals surface area contributed by atoms with Crippen molar-refractivity contribution in [2.24, 2.45) is 0 Å². The number of hydrogen-bond acceptors (Lipinski definition) is 8. The van der Waals surface area contributed by atoms with E-state index >= 15 is 0 Å². The number of amides is 3. The molecule has 12 heteroatoms. The van der Waals surface area contributed by atoms with Crippen LogP contribution in [0.2, 0.25) is 0 Å². The van der Waals surface area contributed by atoms with Gasteiger partial charge in [-0.2, -0.15) is 0 Å². The number of carbonyl (C=O) groups excluding carboxylic acids is 3. The molecular weight excluding hydrogens is 533 g/mol. The zero-order valence-corrected chi connectivity index (χ0v) is 23.2. The monoisotopic (exact) mass is 565 g/mol. The number of rotatable bonds is 5. The van der Waals surface area contributed by atoms with Crippen LogP contribution in [-0.2, 0) is 0 Å². The summed E-state index contributed by atoms with van der Waals surface area (Å²) in [5.41, 5.74) is 2.68. The van der Waals surface area contributed by atoms with Gasteiger partial charge < -0.3 is 25.3 Å². The van der Waals surface area contributed by atoms with Gasteiger partial charge in [-0.05, 0) is 80.3 Å². The summed E-state index contributed by atoms with van der Waals surface area (Å²) in [6, 6.07) is 10.7. The van der Waals surface area contributed by atoms with E-state index in [2.05, 4.69) is 25.1 Å². The molecular formula is C28H32FN7O3S. The Kier molecular flexibility index (Phi) is 8.66. The first-order valence-corrected chi connectivity index (χ1v) is 14.2. The Labute approximate surface area is 236 Å². The minimum Gasteiger partial charge on any atom is -0.368 e. The van der Waals surface area contributed by atoms with Crippen LogP contribution in [0.4, 0.5) is 15.8 Å². The Morgan fingerprint density at radius 1 is 0.875 bits per heavy atom. The molecule has 0 bridgehead atoms. The number of nitrogens with zero attached hydrogens (tertiary/aromatic N) is 5. The highest BCUT2D eigenvalue weighted by molar-refractivity contribution is 7.07. The van der Waals surface area contributed by atoms with E-state index in [1.54, 1.807) is 19.1 Å². The summed E-state index contributed by atoms with van der Waals surface area (Å²) in [6.45, 7) is 6.94.